The van der Waals surface area contributed by atoms with Crippen LogP contribution >= 0.6 is 0 Å². The van der Waals surface area contributed by atoms with E-state index in [0.717, 1.165) is 6.42 Å². The predicted molar refractivity (Wildman–Crippen MR) is 86.5 cm³/mol. The lowest BCUT2D eigenvalue weighted by Crippen LogP contribution is -2.41. The molecule has 1 aliphatic heterocycles. The second-order valence-corrected chi connectivity index (χ2v) is 5.78. The Hall–Kier alpha value is -2.37. The molecule has 1 aromatic rings. The average Bonchev–Trinajstić information content (AvgIpc) is 2.97. The van der Waals surface area contributed by atoms with Crippen LogP contribution in [0.4, 0.5) is 5.69 Å². The molecule has 1 N–H and O–H groups in total. The Bertz CT molecular complexity index is 614. The molecule has 1 aliphatic rings. The van der Waals surface area contributed by atoms with Crippen molar-refractivity contribution in [1.29, 1.82) is 0 Å². The fourth-order valence-electron chi connectivity index (χ4n) is 2.69. The van der Waals surface area contributed by atoms with Crippen LogP contribution in [0.25, 0.3) is 0 Å². The number of carboxylic acids is 1. The molecule has 0 bridgehead atoms. The molecule has 23 heavy (non-hydrogen) atoms. The van der Waals surface area contributed by atoms with Gasteiger partial charge < -0.3 is 14.9 Å². The third kappa shape index (κ3) is 3.88. The van der Waals surface area contributed by atoms with Gasteiger partial charge in [-0.25, -0.2) is 0 Å². The maximum atomic E-state index is 12.7. The van der Waals surface area contributed by atoms with E-state index in [1.54, 1.807) is 29.2 Å². The summed E-state index contributed by atoms with van der Waals surface area (Å²) >= 11 is 0. The molecule has 1 fully saturated rings. The Morgan fingerprint density at radius 2 is 2.13 bits per heavy atom. The van der Waals surface area contributed by atoms with E-state index in [2.05, 4.69) is 0 Å². The van der Waals surface area contributed by atoms with Gasteiger partial charge in [-0.15, -0.1) is 0 Å². The number of hydrogen-bond donors (Lipinski definition) is 1. The number of benzene rings is 1. The van der Waals surface area contributed by atoms with Crippen molar-refractivity contribution in [3.8, 4) is 0 Å². The topological polar surface area (TPSA) is 77.9 Å². The molecule has 1 atom stereocenters. The van der Waals surface area contributed by atoms with Gasteiger partial charge in [0.15, 0.2) is 0 Å². The zero-order chi connectivity index (χ0) is 17.0. The van der Waals surface area contributed by atoms with Crippen LogP contribution in [-0.2, 0) is 9.59 Å². The molecule has 0 unspecified atom stereocenters. The maximum Gasteiger partial charge on any atom is 0.323 e. The molecule has 1 heterocycles. The molecule has 0 saturated carbocycles. The second kappa shape index (κ2) is 7.26. The molecule has 2 amide bonds. The average molecular weight is 318 g/mol. The highest BCUT2D eigenvalue weighted by Crippen LogP contribution is 2.23. The molecule has 1 saturated heterocycles. The highest BCUT2D eigenvalue weighted by Gasteiger charge is 2.25. The van der Waals surface area contributed by atoms with E-state index in [1.165, 1.54) is 4.90 Å². The van der Waals surface area contributed by atoms with E-state index >= 15 is 0 Å². The van der Waals surface area contributed by atoms with Gasteiger partial charge in [-0.3, -0.25) is 14.4 Å². The van der Waals surface area contributed by atoms with Gasteiger partial charge in [0.25, 0.3) is 5.91 Å². The molecular formula is C17H22N2O4. The molecule has 6 heteroatoms. The molecular weight excluding hydrogens is 296 g/mol. The van der Waals surface area contributed by atoms with Gasteiger partial charge in [0.1, 0.15) is 6.54 Å². The van der Waals surface area contributed by atoms with Crippen molar-refractivity contribution in [1.82, 2.24) is 4.90 Å². The van der Waals surface area contributed by atoms with Gasteiger partial charge >= 0.3 is 5.97 Å². The van der Waals surface area contributed by atoms with Crippen LogP contribution in [-0.4, -0.2) is 46.9 Å². The van der Waals surface area contributed by atoms with E-state index in [1.807, 2.05) is 13.8 Å². The molecule has 0 aliphatic carbocycles. The van der Waals surface area contributed by atoms with Gasteiger partial charge in [0.2, 0.25) is 5.91 Å². The summed E-state index contributed by atoms with van der Waals surface area (Å²) in [5.74, 6) is -1.31. The Balaban J connectivity index is 2.26. The van der Waals surface area contributed by atoms with Gasteiger partial charge in [-0.1, -0.05) is 13.0 Å². The second-order valence-electron chi connectivity index (χ2n) is 5.78. The van der Waals surface area contributed by atoms with Crippen LogP contribution in [0.1, 0.15) is 43.5 Å². The standard InChI is InChI=1S/C17H22N2O4/c1-3-12(2)19(11-16(21)22)17(23)13-6-4-7-14(10-13)18-9-5-8-15(18)20/h4,6-7,10,12H,3,5,8-9,11H2,1-2H3,(H,21,22)/t12-/m1/s1. The molecule has 124 valence electrons. The number of aliphatic carboxylic acids is 1. The first kappa shape index (κ1) is 17.0. The number of carbonyl (C=O) groups is 3. The number of carbonyl (C=O) groups excluding carboxylic acids is 2. The summed E-state index contributed by atoms with van der Waals surface area (Å²) in [6, 6.07) is 6.68. The molecule has 0 aromatic heterocycles. The monoisotopic (exact) mass is 318 g/mol. The number of anilines is 1. The zero-order valence-electron chi connectivity index (χ0n) is 13.5. The molecule has 0 spiro atoms. The summed E-state index contributed by atoms with van der Waals surface area (Å²) in [6.45, 7) is 4.06. The number of nitrogens with zero attached hydrogens (tertiary/aromatic N) is 2. The molecule has 6 nitrogen and oxygen atoms in total. The third-order valence-corrected chi connectivity index (χ3v) is 4.17. The first-order valence-electron chi connectivity index (χ1n) is 7.87. The Labute approximate surface area is 135 Å². The van der Waals surface area contributed by atoms with Crippen LogP contribution < -0.4 is 4.90 Å². The smallest absolute Gasteiger partial charge is 0.323 e. The quantitative estimate of drug-likeness (QED) is 0.871. The third-order valence-electron chi connectivity index (χ3n) is 4.17. The van der Waals surface area contributed by atoms with Crippen LogP contribution in [0.3, 0.4) is 0 Å². The van der Waals surface area contributed by atoms with Crippen LogP contribution in [0.2, 0.25) is 0 Å². The van der Waals surface area contributed by atoms with E-state index in [9.17, 15) is 14.4 Å². The first-order chi connectivity index (χ1) is 10.9. The highest BCUT2D eigenvalue weighted by molar-refractivity contribution is 5.99. The lowest BCUT2D eigenvalue weighted by atomic mass is 10.1. The van der Waals surface area contributed by atoms with Crippen molar-refractivity contribution >= 4 is 23.5 Å². The largest absolute Gasteiger partial charge is 0.480 e. The number of hydrogen-bond acceptors (Lipinski definition) is 3. The zero-order valence-corrected chi connectivity index (χ0v) is 13.5. The summed E-state index contributed by atoms with van der Waals surface area (Å²) in [5.41, 5.74) is 1.10. The van der Waals surface area contributed by atoms with Gasteiger partial charge in [0.05, 0.1) is 0 Å². The first-order valence-corrected chi connectivity index (χ1v) is 7.87. The minimum absolute atomic E-state index is 0.0546. The van der Waals surface area contributed by atoms with E-state index < -0.39 is 5.97 Å². The molecule has 2 rings (SSSR count). The Morgan fingerprint density at radius 3 is 2.70 bits per heavy atom. The van der Waals surface area contributed by atoms with Crippen molar-refractivity contribution in [3.05, 3.63) is 29.8 Å². The lowest BCUT2D eigenvalue weighted by Gasteiger charge is -2.27. The van der Waals surface area contributed by atoms with Crippen molar-refractivity contribution < 1.29 is 19.5 Å². The summed E-state index contributed by atoms with van der Waals surface area (Å²) in [7, 11) is 0. The summed E-state index contributed by atoms with van der Waals surface area (Å²) in [6.07, 6.45) is 2.01. The molecule has 1 aromatic carbocycles. The van der Waals surface area contributed by atoms with Crippen molar-refractivity contribution in [2.45, 2.75) is 39.2 Å². The summed E-state index contributed by atoms with van der Waals surface area (Å²) in [4.78, 5) is 38.6. The summed E-state index contributed by atoms with van der Waals surface area (Å²) in [5, 5.41) is 9.04. The van der Waals surface area contributed by atoms with Crippen molar-refractivity contribution in [3.63, 3.8) is 0 Å². The summed E-state index contributed by atoms with van der Waals surface area (Å²) < 4.78 is 0. The maximum absolute atomic E-state index is 12.7. The van der Waals surface area contributed by atoms with Gasteiger partial charge in [-0.05, 0) is 38.0 Å². The fraction of sp³-hybridized carbons (Fsp3) is 0.471. The molecule has 0 radical (unpaired) electrons. The van der Waals surface area contributed by atoms with Crippen LogP contribution in [0, 0.1) is 0 Å². The van der Waals surface area contributed by atoms with E-state index in [-0.39, 0.29) is 24.4 Å². The Kier molecular flexibility index (Phi) is 5.36. The van der Waals surface area contributed by atoms with Gasteiger partial charge in [0, 0.05) is 30.3 Å². The minimum Gasteiger partial charge on any atom is -0.480 e. The fourth-order valence-corrected chi connectivity index (χ4v) is 2.69. The number of amides is 2. The van der Waals surface area contributed by atoms with E-state index in [4.69, 9.17) is 5.11 Å². The van der Waals surface area contributed by atoms with Gasteiger partial charge in [-0.2, -0.15) is 0 Å². The highest BCUT2D eigenvalue weighted by atomic mass is 16.4. The number of rotatable bonds is 6. The van der Waals surface area contributed by atoms with Crippen molar-refractivity contribution in [2.24, 2.45) is 0 Å². The van der Waals surface area contributed by atoms with E-state index in [0.29, 0.717) is 30.6 Å². The minimum atomic E-state index is -1.04. The predicted octanol–water partition coefficient (Wildman–Crippen LogP) is 2.14. The normalized spacial score (nSPS) is 15.6. The number of carboxylic acid groups (broad SMARTS) is 1. The van der Waals surface area contributed by atoms with Crippen LogP contribution in [0.5, 0.6) is 0 Å². The van der Waals surface area contributed by atoms with Crippen molar-refractivity contribution in [2.75, 3.05) is 18.0 Å². The Morgan fingerprint density at radius 1 is 1.39 bits per heavy atom. The SMILES string of the molecule is CC[C@@H](C)N(CC(=O)O)C(=O)c1cccc(N2CCCC2=O)c1. The lowest BCUT2D eigenvalue weighted by molar-refractivity contribution is -0.138. The van der Waals surface area contributed by atoms with Crippen LogP contribution in [0.15, 0.2) is 24.3 Å².